The third-order valence-electron chi connectivity index (χ3n) is 2.42. The van der Waals surface area contributed by atoms with Gasteiger partial charge in [-0.1, -0.05) is 13.8 Å². The molecule has 0 N–H and O–H groups in total. The lowest BCUT2D eigenvalue weighted by molar-refractivity contribution is 0.628. The number of benzene rings is 1. The molecule has 3 heteroatoms. The predicted octanol–water partition coefficient (Wildman–Crippen LogP) is 3.41. The van der Waals surface area contributed by atoms with E-state index in [0.717, 1.165) is 17.0 Å². The van der Waals surface area contributed by atoms with E-state index in [-0.39, 0.29) is 5.82 Å². The topological polar surface area (TPSA) is 25.8 Å². The SMILES string of the molecule is CC(C)c1cc(-c2ccc(F)cc2)ncn1. The van der Waals surface area contributed by atoms with Gasteiger partial charge in [0.15, 0.2) is 0 Å². The molecule has 82 valence electrons. The van der Waals surface area contributed by atoms with Crippen LogP contribution in [0.4, 0.5) is 4.39 Å². The molecule has 0 radical (unpaired) electrons. The van der Waals surface area contributed by atoms with Crippen LogP contribution in [0.5, 0.6) is 0 Å². The van der Waals surface area contributed by atoms with Gasteiger partial charge < -0.3 is 0 Å². The molecule has 2 aromatic rings. The standard InChI is InChI=1S/C13H13FN2/c1-9(2)12-7-13(16-8-15-12)10-3-5-11(14)6-4-10/h3-9H,1-2H3. The molecule has 0 unspecified atom stereocenters. The summed E-state index contributed by atoms with van der Waals surface area (Å²) in [6.07, 6.45) is 1.55. The zero-order valence-corrected chi connectivity index (χ0v) is 9.31. The summed E-state index contributed by atoms with van der Waals surface area (Å²) < 4.78 is 12.8. The molecule has 0 amide bonds. The highest BCUT2D eigenvalue weighted by Crippen LogP contribution is 2.20. The minimum absolute atomic E-state index is 0.234. The molecule has 0 aliphatic rings. The Morgan fingerprint density at radius 3 is 2.38 bits per heavy atom. The molecule has 0 saturated heterocycles. The van der Waals surface area contributed by atoms with Crippen LogP contribution in [-0.2, 0) is 0 Å². The lowest BCUT2D eigenvalue weighted by atomic mass is 10.1. The summed E-state index contributed by atoms with van der Waals surface area (Å²) in [5.74, 6) is 0.129. The summed E-state index contributed by atoms with van der Waals surface area (Å²) in [6.45, 7) is 4.16. The molecule has 16 heavy (non-hydrogen) atoms. The Balaban J connectivity index is 2.40. The van der Waals surface area contributed by atoms with Crippen molar-refractivity contribution < 1.29 is 4.39 Å². The highest BCUT2D eigenvalue weighted by atomic mass is 19.1. The van der Waals surface area contributed by atoms with Crippen LogP contribution in [0.3, 0.4) is 0 Å². The molecule has 0 aliphatic carbocycles. The van der Waals surface area contributed by atoms with Crippen LogP contribution in [0.15, 0.2) is 36.7 Å². The van der Waals surface area contributed by atoms with Crippen molar-refractivity contribution in [3.63, 3.8) is 0 Å². The summed E-state index contributed by atoms with van der Waals surface area (Å²) in [7, 11) is 0. The van der Waals surface area contributed by atoms with E-state index in [0.29, 0.717) is 5.92 Å². The van der Waals surface area contributed by atoms with Gasteiger partial charge in [0.05, 0.1) is 5.69 Å². The van der Waals surface area contributed by atoms with Gasteiger partial charge in [0.2, 0.25) is 0 Å². The van der Waals surface area contributed by atoms with Crippen molar-refractivity contribution in [2.24, 2.45) is 0 Å². The van der Waals surface area contributed by atoms with Crippen molar-refractivity contribution in [2.75, 3.05) is 0 Å². The average molecular weight is 216 g/mol. The van der Waals surface area contributed by atoms with Crippen molar-refractivity contribution in [3.8, 4) is 11.3 Å². The van der Waals surface area contributed by atoms with Crippen LogP contribution in [0.25, 0.3) is 11.3 Å². The van der Waals surface area contributed by atoms with Crippen LogP contribution in [0.2, 0.25) is 0 Å². The van der Waals surface area contributed by atoms with Crippen molar-refractivity contribution in [2.45, 2.75) is 19.8 Å². The van der Waals surface area contributed by atoms with Crippen LogP contribution in [0, 0.1) is 5.82 Å². The van der Waals surface area contributed by atoms with E-state index < -0.39 is 0 Å². The fourth-order valence-electron chi connectivity index (χ4n) is 1.47. The van der Waals surface area contributed by atoms with Gasteiger partial charge in [0, 0.05) is 11.3 Å². The lowest BCUT2D eigenvalue weighted by Crippen LogP contribution is -1.95. The van der Waals surface area contributed by atoms with Gasteiger partial charge in [0.25, 0.3) is 0 Å². The molecule has 1 aromatic carbocycles. The van der Waals surface area contributed by atoms with Gasteiger partial charge >= 0.3 is 0 Å². The van der Waals surface area contributed by atoms with Gasteiger partial charge in [-0.2, -0.15) is 0 Å². The minimum Gasteiger partial charge on any atom is -0.241 e. The second kappa shape index (κ2) is 4.39. The Kier molecular flexibility index (Phi) is 2.95. The smallest absolute Gasteiger partial charge is 0.123 e. The Bertz CT molecular complexity index is 478. The highest BCUT2D eigenvalue weighted by molar-refractivity contribution is 5.58. The fourth-order valence-corrected chi connectivity index (χ4v) is 1.47. The Labute approximate surface area is 94.2 Å². The first-order valence-corrected chi connectivity index (χ1v) is 5.24. The number of hydrogen-bond acceptors (Lipinski definition) is 2. The van der Waals surface area contributed by atoms with E-state index in [1.807, 2.05) is 6.07 Å². The van der Waals surface area contributed by atoms with E-state index in [2.05, 4.69) is 23.8 Å². The van der Waals surface area contributed by atoms with E-state index in [1.54, 1.807) is 18.5 Å². The van der Waals surface area contributed by atoms with Crippen molar-refractivity contribution >= 4 is 0 Å². The van der Waals surface area contributed by atoms with Gasteiger partial charge in [0.1, 0.15) is 12.1 Å². The van der Waals surface area contributed by atoms with E-state index >= 15 is 0 Å². The molecule has 0 atom stereocenters. The number of aromatic nitrogens is 2. The monoisotopic (exact) mass is 216 g/mol. The van der Waals surface area contributed by atoms with E-state index in [1.165, 1.54) is 12.1 Å². The Hall–Kier alpha value is -1.77. The molecule has 1 aromatic heterocycles. The zero-order chi connectivity index (χ0) is 11.5. The highest BCUT2D eigenvalue weighted by Gasteiger charge is 2.04. The third kappa shape index (κ3) is 2.24. The number of hydrogen-bond donors (Lipinski definition) is 0. The molecular weight excluding hydrogens is 203 g/mol. The van der Waals surface area contributed by atoms with Crippen molar-refractivity contribution in [1.29, 1.82) is 0 Å². The van der Waals surface area contributed by atoms with Gasteiger partial charge in [-0.15, -0.1) is 0 Å². The fraction of sp³-hybridized carbons (Fsp3) is 0.231. The molecule has 0 fully saturated rings. The molecule has 0 bridgehead atoms. The molecule has 0 aliphatic heterocycles. The van der Waals surface area contributed by atoms with Crippen LogP contribution < -0.4 is 0 Å². The first-order chi connectivity index (χ1) is 7.66. The Morgan fingerprint density at radius 2 is 1.75 bits per heavy atom. The van der Waals surface area contributed by atoms with Crippen molar-refractivity contribution in [3.05, 3.63) is 48.2 Å². The predicted molar refractivity (Wildman–Crippen MR) is 61.5 cm³/mol. The summed E-state index contributed by atoms with van der Waals surface area (Å²) in [6, 6.07) is 8.26. The maximum absolute atomic E-state index is 12.8. The number of nitrogens with zero attached hydrogens (tertiary/aromatic N) is 2. The van der Waals surface area contributed by atoms with E-state index in [9.17, 15) is 4.39 Å². The van der Waals surface area contributed by atoms with E-state index in [4.69, 9.17) is 0 Å². The maximum atomic E-state index is 12.8. The summed E-state index contributed by atoms with van der Waals surface area (Å²) in [5, 5.41) is 0. The normalized spacial score (nSPS) is 10.8. The second-order valence-corrected chi connectivity index (χ2v) is 3.99. The summed E-state index contributed by atoms with van der Waals surface area (Å²) >= 11 is 0. The second-order valence-electron chi connectivity index (χ2n) is 3.99. The van der Waals surface area contributed by atoms with Crippen LogP contribution >= 0.6 is 0 Å². The zero-order valence-electron chi connectivity index (χ0n) is 9.31. The molecular formula is C13H13FN2. The maximum Gasteiger partial charge on any atom is 0.123 e. The molecule has 2 rings (SSSR count). The van der Waals surface area contributed by atoms with Gasteiger partial charge in [-0.3, -0.25) is 0 Å². The Morgan fingerprint density at radius 1 is 1.06 bits per heavy atom. The molecule has 2 nitrogen and oxygen atoms in total. The van der Waals surface area contributed by atoms with Gasteiger partial charge in [-0.05, 0) is 36.2 Å². The van der Waals surface area contributed by atoms with Crippen molar-refractivity contribution in [1.82, 2.24) is 9.97 Å². The van der Waals surface area contributed by atoms with Crippen LogP contribution in [0.1, 0.15) is 25.5 Å². The first-order valence-electron chi connectivity index (χ1n) is 5.24. The summed E-state index contributed by atoms with van der Waals surface area (Å²) in [5.41, 5.74) is 2.73. The minimum atomic E-state index is -0.234. The lowest BCUT2D eigenvalue weighted by Gasteiger charge is -2.06. The first kappa shape index (κ1) is 10.7. The summed E-state index contributed by atoms with van der Waals surface area (Å²) in [4.78, 5) is 8.38. The largest absolute Gasteiger partial charge is 0.241 e. The number of halogens is 1. The third-order valence-corrected chi connectivity index (χ3v) is 2.42. The number of rotatable bonds is 2. The van der Waals surface area contributed by atoms with Crippen LogP contribution in [-0.4, -0.2) is 9.97 Å². The van der Waals surface area contributed by atoms with Gasteiger partial charge in [-0.25, -0.2) is 14.4 Å². The molecule has 0 saturated carbocycles. The molecule has 1 heterocycles. The average Bonchev–Trinajstić information content (AvgIpc) is 2.30. The quantitative estimate of drug-likeness (QED) is 0.768. The molecule has 0 spiro atoms.